The smallest absolute Gasteiger partial charge is 0.242 e. The molecule has 47 heavy (non-hydrogen) atoms. The van der Waals surface area contributed by atoms with Crippen LogP contribution in [-0.4, -0.2) is 116 Å². The summed E-state index contributed by atoms with van der Waals surface area (Å²) in [5.41, 5.74) is 2.83. The van der Waals surface area contributed by atoms with Crippen LogP contribution in [0.15, 0.2) is 61.4 Å². The van der Waals surface area contributed by atoms with Gasteiger partial charge in [-0.25, -0.2) is 14.4 Å². The number of nitrogens with one attached hydrogen (secondary N) is 1. The number of benzene rings is 2. The quantitative estimate of drug-likeness (QED) is 0.286. The van der Waals surface area contributed by atoms with E-state index in [4.69, 9.17) is 9.47 Å². The first kappa shape index (κ1) is 30.5. The van der Waals surface area contributed by atoms with E-state index in [1.54, 1.807) is 18.2 Å². The number of carbonyl (C=O) groups is 1. The van der Waals surface area contributed by atoms with Gasteiger partial charge in [-0.1, -0.05) is 0 Å². The second kappa shape index (κ2) is 13.7. The molecular formula is C32H34FN11O3. The van der Waals surface area contributed by atoms with Gasteiger partial charge in [0.05, 0.1) is 31.4 Å². The van der Waals surface area contributed by atoms with Crippen LogP contribution < -0.4 is 15.0 Å². The molecule has 242 valence electrons. The Kier molecular flexibility index (Phi) is 8.85. The summed E-state index contributed by atoms with van der Waals surface area (Å²) in [5.74, 6) is 0.781. The number of piperidine rings is 1. The molecule has 0 aliphatic carbocycles. The molecule has 0 radical (unpaired) electrons. The Morgan fingerprint density at radius 1 is 1.04 bits per heavy atom. The number of aromatic nitrogens is 6. The molecule has 3 fully saturated rings. The number of nitriles is 1. The molecule has 1 N–H and O–H groups in total. The van der Waals surface area contributed by atoms with Gasteiger partial charge in [-0.2, -0.15) is 10.2 Å². The van der Waals surface area contributed by atoms with Crippen LogP contribution in [0, 0.1) is 11.3 Å². The molecule has 0 unspecified atom stereocenters. The van der Waals surface area contributed by atoms with Gasteiger partial charge in [0.25, 0.3) is 0 Å². The second-order valence-electron chi connectivity index (χ2n) is 11.8. The topological polar surface area (TPSA) is 150 Å². The summed E-state index contributed by atoms with van der Waals surface area (Å²) in [7, 11) is 0. The highest BCUT2D eigenvalue weighted by Crippen LogP contribution is 2.29. The molecule has 0 spiro atoms. The number of hydrogen-bond donors (Lipinski definition) is 1. The van der Waals surface area contributed by atoms with Gasteiger partial charge >= 0.3 is 0 Å². The van der Waals surface area contributed by atoms with Crippen molar-refractivity contribution >= 4 is 23.2 Å². The lowest BCUT2D eigenvalue weighted by Gasteiger charge is -2.43. The summed E-state index contributed by atoms with van der Waals surface area (Å²) < 4.78 is 28.0. The van der Waals surface area contributed by atoms with E-state index in [1.165, 1.54) is 34.1 Å². The Bertz CT molecular complexity index is 1720. The van der Waals surface area contributed by atoms with E-state index in [0.29, 0.717) is 29.9 Å². The van der Waals surface area contributed by atoms with Crippen LogP contribution in [0.1, 0.15) is 12.0 Å². The normalized spacial score (nSPS) is 20.3. The number of amides is 1. The molecule has 3 aliphatic heterocycles. The highest BCUT2D eigenvalue weighted by atomic mass is 19.1. The molecule has 7 rings (SSSR count). The summed E-state index contributed by atoms with van der Waals surface area (Å²) >= 11 is 0. The molecule has 3 aliphatic rings. The maximum absolute atomic E-state index is 15.1. The number of ether oxygens (including phenoxy) is 2. The third-order valence-corrected chi connectivity index (χ3v) is 8.77. The van der Waals surface area contributed by atoms with Crippen LogP contribution in [-0.2, 0) is 16.1 Å². The molecule has 15 heteroatoms. The van der Waals surface area contributed by atoms with E-state index < -0.39 is 12.3 Å². The van der Waals surface area contributed by atoms with Crippen molar-refractivity contribution < 1.29 is 18.7 Å². The zero-order valence-electron chi connectivity index (χ0n) is 25.7. The number of nitrogens with zero attached hydrogens (tertiary/aromatic N) is 10. The minimum Gasteiger partial charge on any atom is -0.486 e. The molecule has 4 aromatic rings. The predicted molar refractivity (Wildman–Crippen MR) is 169 cm³/mol. The van der Waals surface area contributed by atoms with Crippen LogP contribution in [0.25, 0.3) is 11.4 Å². The highest BCUT2D eigenvalue weighted by molar-refractivity contribution is 5.76. The van der Waals surface area contributed by atoms with Crippen LogP contribution >= 0.6 is 0 Å². The van der Waals surface area contributed by atoms with E-state index in [-0.39, 0.29) is 36.7 Å². The van der Waals surface area contributed by atoms with E-state index in [1.807, 2.05) is 12.1 Å². The Balaban J connectivity index is 0.954. The van der Waals surface area contributed by atoms with Crippen molar-refractivity contribution in [2.24, 2.45) is 0 Å². The molecule has 3 saturated heterocycles. The lowest BCUT2D eigenvalue weighted by Crippen LogP contribution is -2.56. The molecule has 14 nitrogen and oxygen atoms in total. The summed E-state index contributed by atoms with van der Waals surface area (Å²) in [6.45, 7) is 6.00. The van der Waals surface area contributed by atoms with Crippen molar-refractivity contribution in [3.63, 3.8) is 0 Å². The fourth-order valence-electron chi connectivity index (χ4n) is 5.98. The van der Waals surface area contributed by atoms with Gasteiger partial charge in [0.2, 0.25) is 11.9 Å². The third kappa shape index (κ3) is 6.98. The Labute approximate surface area is 270 Å². The Hall–Kier alpha value is -5.20. The van der Waals surface area contributed by atoms with Crippen molar-refractivity contribution in [1.82, 2.24) is 39.5 Å². The van der Waals surface area contributed by atoms with Crippen LogP contribution in [0.5, 0.6) is 5.75 Å². The lowest BCUT2D eigenvalue weighted by atomic mass is 10.0. The Morgan fingerprint density at radius 3 is 2.53 bits per heavy atom. The van der Waals surface area contributed by atoms with Gasteiger partial charge in [0, 0.05) is 56.1 Å². The zero-order valence-corrected chi connectivity index (χ0v) is 25.7. The van der Waals surface area contributed by atoms with Gasteiger partial charge < -0.3 is 29.2 Å². The molecule has 2 atom stereocenters. The third-order valence-electron chi connectivity index (χ3n) is 8.77. The number of halogens is 1. The number of alkyl halides is 1. The second-order valence-corrected chi connectivity index (χ2v) is 11.8. The molecule has 5 heterocycles. The van der Waals surface area contributed by atoms with Crippen molar-refractivity contribution in [2.45, 2.75) is 31.3 Å². The molecule has 0 saturated carbocycles. The summed E-state index contributed by atoms with van der Waals surface area (Å²) in [4.78, 5) is 32.0. The van der Waals surface area contributed by atoms with Gasteiger partial charge in [0.15, 0.2) is 12.0 Å². The van der Waals surface area contributed by atoms with Gasteiger partial charge in [0.1, 0.15) is 43.4 Å². The van der Waals surface area contributed by atoms with Crippen molar-refractivity contribution in [3.05, 3.63) is 67.0 Å². The minimum atomic E-state index is -1.41. The number of piperazine rings is 1. The van der Waals surface area contributed by atoms with Gasteiger partial charge in [-0.3, -0.25) is 9.69 Å². The Morgan fingerprint density at radius 2 is 1.83 bits per heavy atom. The molecule has 2 aromatic carbocycles. The van der Waals surface area contributed by atoms with Crippen LogP contribution in [0.2, 0.25) is 0 Å². The minimum absolute atomic E-state index is 0.0426. The fraction of sp³-hybridized carbons (Fsp3) is 0.406. The average molecular weight is 640 g/mol. The van der Waals surface area contributed by atoms with Crippen molar-refractivity contribution in [1.29, 1.82) is 5.26 Å². The zero-order chi connectivity index (χ0) is 32.2. The summed E-state index contributed by atoms with van der Waals surface area (Å²) in [6, 6.07) is 15.9. The van der Waals surface area contributed by atoms with Crippen LogP contribution in [0.4, 0.5) is 21.7 Å². The maximum atomic E-state index is 15.1. The molecule has 0 bridgehead atoms. The lowest BCUT2D eigenvalue weighted by molar-refractivity contribution is -0.135. The SMILES string of the molecule is N#Cc1cc(-c2ncnc(Nc3ccc(N4CCN(C5COC5)CC4)cc3)n2)ccc1O[C@H]1CCN(C(=O)Cn2cnnc2)C[C@@H]1F. The first-order chi connectivity index (χ1) is 23.0. The number of rotatable bonds is 9. The van der Waals surface area contributed by atoms with Crippen LogP contribution in [0.3, 0.4) is 0 Å². The van der Waals surface area contributed by atoms with E-state index in [0.717, 1.165) is 45.1 Å². The highest BCUT2D eigenvalue weighted by Gasteiger charge is 2.34. The molecular weight excluding hydrogens is 605 g/mol. The average Bonchev–Trinajstić information content (AvgIpc) is 3.59. The standard InChI is InChI=1S/C32H34FN11O3/c33-27-15-44(30(45)16-41-20-37-38-21-41)8-7-29(27)47-28-6-1-22(13-23(28)14-34)31-35-19-36-32(40-31)39-24-2-4-25(5-3-24)42-9-11-43(12-10-42)26-17-46-18-26/h1-6,13,19-21,26-27,29H,7-12,15-18H2,(H,35,36,39,40)/t27-,29-/m0/s1. The number of likely N-dealkylation sites (tertiary alicyclic amines) is 1. The summed E-state index contributed by atoms with van der Waals surface area (Å²) in [6.07, 6.45) is 2.38. The number of hydrogen-bond acceptors (Lipinski definition) is 12. The van der Waals surface area contributed by atoms with E-state index in [2.05, 4.69) is 58.5 Å². The first-order valence-electron chi connectivity index (χ1n) is 15.6. The van der Waals surface area contributed by atoms with Gasteiger partial charge in [-0.05, 0) is 42.5 Å². The fourth-order valence-corrected chi connectivity index (χ4v) is 5.98. The van der Waals surface area contributed by atoms with E-state index in [9.17, 15) is 10.1 Å². The maximum Gasteiger partial charge on any atom is 0.242 e. The monoisotopic (exact) mass is 639 g/mol. The van der Waals surface area contributed by atoms with Crippen molar-refractivity contribution in [2.75, 3.05) is 62.7 Å². The first-order valence-corrected chi connectivity index (χ1v) is 15.6. The largest absolute Gasteiger partial charge is 0.486 e. The molecule has 2 aromatic heterocycles. The number of anilines is 3. The number of carbonyl (C=O) groups excluding carboxylic acids is 1. The molecule has 1 amide bonds. The predicted octanol–water partition coefficient (Wildman–Crippen LogP) is 2.28. The summed E-state index contributed by atoms with van der Waals surface area (Å²) in [5, 5.41) is 20.5. The van der Waals surface area contributed by atoms with E-state index >= 15 is 4.39 Å². The van der Waals surface area contributed by atoms with Crippen molar-refractivity contribution in [3.8, 4) is 23.2 Å². The van der Waals surface area contributed by atoms with Gasteiger partial charge in [-0.15, -0.1) is 10.2 Å².